The third kappa shape index (κ3) is 5.95. The first kappa shape index (κ1) is 16.1. The van der Waals surface area contributed by atoms with Crippen molar-refractivity contribution in [2.24, 2.45) is 0 Å². The molecular formula is C15H23FN2O3. The summed E-state index contributed by atoms with van der Waals surface area (Å²) in [5, 5.41) is 3.28. The predicted molar refractivity (Wildman–Crippen MR) is 76.9 cm³/mol. The van der Waals surface area contributed by atoms with Crippen molar-refractivity contribution in [2.45, 2.75) is 31.8 Å². The highest BCUT2D eigenvalue weighted by molar-refractivity contribution is 5.23. The van der Waals surface area contributed by atoms with E-state index in [-0.39, 0.29) is 11.7 Å². The molecule has 1 aromatic rings. The largest absolute Gasteiger partial charge is 0.475 e. The van der Waals surface area contributed by atoms with E-state index in [1.165, 1.54) is 12.8 Å². The van der Waals surface area contributed by atoms with Crippen LogP contribution in [0.4, 0.5) is 4.39 Å². The zero-order valence-corrected chi connectivity index (χ0v) is 12.4. The maximum Gasteiger partial charge on any atom is 0.250 e. The van der Waals surface area contributed by atoms with Gasteiger partial charge in [0.25, 0.3) is 5.88 Å². The lowest BCUT2D eigenvalue weighted by Gasteiger charge is -2.10. The molecule has 1 aliphatic carbocycles. The number of aromatic nitrogens is 1. The second-order valence-corrected chi connectivity index (χ2v) is 5.05. The summed E-state index contributed by atoms with van der Waals surface area (Å²) in [6, 6.07) is 2.23. The molecule has 1 heterocycles. The Bertz CT molecular complexity index is 427. The molecule has 0 aliphatic heterocycles. The Morgan fingerprint density at radius 1 is 1.29 bits per heavy atom. The fourth-order valence-electron chi connectivity index (χ4n) is 1.82. The van der Waals surface area contributed by atoms with Crippen molar-refractivity contribution in [1.82, 2.24) is 10.3 Å². The summed E-state index contributed by atoms with van der Waals surface area (Å²) >= 11 is 0. The molecule has 0 saturated heterocycles. The van der Waals surface area contributed by atoms with Crippen molar-refractivity contribution < 1.29 is 18.6 Å². The number of rotatable bonds is 11. The van der Waals surface area contributed by atoms with Gasteiger partial charge in [-0.1, -0.05) is 0 Å². The number of hydrogen-bond donors (Lipinski definition) is 1. The third-order valence-electron chi connectivity index (χ3n) is 3.20. The standard InChI is InChI=1S/C15H23FN2O3/c1-19-9-10-20-7-2-8-21-15-14(16)12(5-6-17-15)11-18-13-3-4-13/h5-6,13,18H,2-4,7-11H2,1H3. The van der Waals surface area contributed by atoms with Crippen LogP contribution in [0.15, 0.2) is 12.3 Å². The fraction of sp³-hybridized carbons (Fsp3) is 0.667. The summed E-state index contributed by atoms with van der Waals surface area (Å²) in [6.07, 6.45) is 4.63. The average molecular weight is 298 g/mol. The second-order valence-electron chi connectivity index (χ2n) is 5.05. The Balaban J connectivity index is 1.68. The first-order valence-electron chi connectivity index (χ1n) is 7.37. The lowest BCUT2D eigenvalue weighted by Crippen LogP contribution is -2.17. The second kappa shape index (κ2) is 8.92. The number of nitrogens with zero attached hydrogens (tertiary/aromatic N) is 1. The van der Waals surface area contributed by atoms with Gasteiger partial charge in [0.05, 0.1) is 19.8 Å². The number of halogens is 1. The topological polar surface area (TPSA) is 52.6 Å². The molecule has 1 saturated carbocycles. The van der Waals surface area contributed by atoms with E-state index in [1.54, 1.807) is 19.4 Å². The molecule has 0 atom stereocenters. The van der Waals surface area contributed by atoms with Crippen LogP contribution in [0.3, 0.4) is 0 Å². The Hall–Kier alpha value is -1.24. The number of hydrogen-bond acceptors (Lipinski definition) is 5. The summed E-state index contributed by atoms with van der Waals surface area (Å²) in [5.41, 5.74) is 0.600. The molecule has 1 fully saturated rings. The predicted octanol–water partition coefficient (Wildman–Crippen LogP) is 1.90. The van der Waals surface area contributed by atoms with Gasteiger partial charge in [0.15, 0.2) is 5.82 Å². The monoisotopic (exact) mass is 298 g/mol. The molecule has 0 spiro atoms. The molecule has 6 heteroatoms. The summed E-state index contributed by atoms with van der Waals surface area (Å²) in [7, 11) is 1.63. The highest BCUT2D eigenvalue weighted by atomic mass is 19.1. The van der Waals surface area contributed by atoms with E-state index in [1.807, 2.05) is 0 Å². The Morgan fingerprint density at radius 3 is 2.90 bits per heavy atom. The highest BCUT2D eigenvalue weighted by Crippen LogP contribution is 2.21. The molecule has 1 aromatic heterocycles. The van der Waals surface area contributed by atoms with Gasteiger partial charge in [-0.2, -0.15) is 0 Å². The third-order valence-corrected chi connectivity index (χ3v) is 3.20. The normalized spacial score (nSPS) is 14.4. The van der Waals surface area contributed by atoms with Gasteiger partial charge in [-0.05, 0) is 18.9 Å². The zero-order chi connectivity index (χ0) is 14.9. The number of ether oxygens (including phenoxy) is 3. The van der Waals surface area contributed by atoms with E-state index in [0.29, 0.717) is 51.0 Å². The van der Waals surface area contributed by atoms with Crippen LogP contribution >= 0.6 is 0 Å². The molecule has 5 nitrogen and oxygen atoms in total. The van der Waals surface area contributed by atoms with Gasteiger partial charge in [0.1, 0.15) is 0 Å². The number of nitrogens with one attached hydrogen (secondary N) is 1. The Kier molecular flexibility index (Phi) is 6.85. The molecule has 1 aliphatic rings. The lowest BCUT2D eigenvalue weighted by atomic mass is 10.2. The zero-order valence-electron chi connectivity index (χ0n) is 12.4. The van der Waals surface area contributed by atoms with Crippen molar-refractivity contribution in [3.63, 3.8) is 0 Å². The molecule has 118 valence electrons. The summed E-state index contributed by atoms with van der Waals surface area (Å²) in [6.45, 7) is 2.61. The van der Waals surface area contributed by atoms with Gasteiger partial charge in [-0.3, -0.25) is 0 Å². The van der Waals surface area contributed by atoms with Crippen LogP contribution in [0, 0.1) is 5.82 Å². The first-order chi connectivity index (χ1) is 10.3. The van der Waals surface area contributed by atoms with E-state index >= 15 is 0 Å². The molecule has 0 amide bonds. The van der Waals surface area contributed by atoms with Crippen molar-refractivity contribution >= 4 is 0 Å². The quantitative estimate of drug-likeness (QED) is 0.632. The molecule has 21 heavy (non-hydrogen) atoms. The van der Waals surface area contributed by atoms with E-state index in [4.69, 9.17) is 14.2 Å². The summed E-state index contributed by atoms with van der Waals surface area (Å²) < 4.78 is 29.7. The average Bonchev–Trinajstić information content (AvgIpc) is 3.31. The van der Waals surface area contributed by atoms with Crippen molar-refractivity contribution in [3.8, 4) is 5.88 Å². The molecule has 0 aromatic carbocycles. The van der Waals surface area contributed by atoms with Crippen LogP contribution in [0.1, 0.15) is 24.8 Å². The van der Waals surface area contributed by atoms with Gasteiger partial charge in [-0.15, -0.1) is 0 Å². The van der Waals surface area contributed by atoms with E-state index < -0.39 is 0 Å². The first-order valence-corrected chi connectivity index (χ1v) is 7.37. The number of pyridine rings is 1. The van der Waals surface area contributed by atoms with Crippen LogP contribution in [0.2, 0.25) is 0 Å². The van der Waals surface area contributed by atoms with Gasteiger partial charge >= 0.3 is 0 Å². The minimum atomic E-state index is -0.369. The van der Waals surface area contributed by atoms with Crippen molar-refractivity contribution in [2.75, 3.05) is 33.5 Å². The summed E-state index contributed by atoms with van der Waals surface area (Å²) in [4.78, 5) is 3.94. The SMILES string of the molecule is COCCOCCCOc1nccc(CNC2CC2)c1F. The highest BCUT2D eigenvalue weighted by Gasteiger charge is 2.21. The number of methoxy groups -OCH3 is 1. The fourth-order valence-corrected chi connectivity index (χ4v) is 1.82. The molecule has 0 radical (unpaired) electrons. The van der Waals surface area contributed by atoms with Gasteiger partial charge in [0, 0.05) is 44.5 Å². The minimum absolute atomic E-state index is 0.0713. The maximum absolute atomic E-state index is 14.1. The smallest absolute Gasteiger partial charge is 0.250 e. The van der Waals surface area contributed by atoms with Gasteiger partial charge < -0.3 is 19.5 Å². The molecule has 0 unspecified atom stereocenters. The van der Waals surface area contributed by atoms with Crippen LogP contribution in [-0.2, 0) is 16.0 Å². The summed E-state index contributed by atoms with van der Waals surface area (Å²) in [5.74, 6) is -0.298. The molecule has 0 bridgehead atoms. The Morgan fingerprint density at radius 2 is 2.14 bits per heavy atom. The van der Waals surface area contributed by atoms with Gasteiger partial charge in [0.2, 0.25) is 0 Å². The maximum atomic E-state index is 14.1. The van der Waals surface area contributed by atoms with Gasteiger partial charge in [-0.25, -0.2) is 9.37 Å². The van der Waals surface area contributed by atoms with Crippen LogP contribution in [0.5, 0.6) is 5.88 Å². The molecule has 2 rings (SSSR count). The lowest BCUT2D eigenvalue weighted by molar-refractivity contribution is 0.0639. The van der Waals surface area contributed by atoms with Crippen LogP contribution < -0.4 is 10.1 Å². The van der Waals surface area contributed by atoms with E-state index in [0.717, 1.165) is 0 Å². The molecule has 1 N–H and O–H groups in total. The minimum Gasteiger partial charge on any atom is -0.475 e. The van der Waals surface area contributed by atoms with E-state index in [2.05, 4.69) is 10.3 Å². The van der Waals surface area contributed by atoms with Crippen molar-refractivity contribution in [1.29, 1.82) is 0 Å². The van der Waals surface area contributed by atoms with Crippen molar-refractivity contribution in [3.05, 3.63) is 23.6 Å². The van der Waals surface area contributed by atoms with E-state index in [9.17, 15) is 4.39 Å². The van der Waals surface area contributed by atoms with Crippen LogP contribution in [-0.4, -0.2) is 44.6 Å². The Labute approximate surface area is 124 Å². The molecular weight excluding hydrogens is 275 g/mol. The van der Waals surface area contributed by atoms with Crippen LogP contribution in [0.25, 0.3) is 0 Å².